The number of hydrogen-bond donors (Lipinski definition) is 2. The van der Waals surface area contributed by atoms with E-state index in [1.807, 2.05) is 0 Å². The van der Waals surface area contributed by atoms with Crippen molar-refractivity contribution in [2.75, 3.05) is 39.6 Å². The van der Waals surface area contributed by atoms with Gasteiger partial charge in [-0.3, -0.25) is 18.9 Å². The van der Waals surface area contributed by atoms with E-state index in [0.29, 0.717) is 0 Å². The molecule has 1 aliphatic heterocycles. The van der Waals surface area contributed by atoms with Crippen molar-refractivity contribution in [3.8, 4) is 0 Å². The zero-order valence-corrected chi connectivity index (χ0v) is 44.1. The summed E-state index contributed by atoms with van der Waals surface area (Å²) in [6.07, 6.45) is -89.2. The predicted molar refractivity (Wildman–Crippen MR) is 160 cm³/mol. The molecule has 485 valence electrons. The molecule has 1 fully saturated rings. The van der Waals surface area contributed by atoms with Crippen LogP contribution in [-0.4, -0.2) is 193 Å². The molecule has 0 aliphatic carbocycles. The van der Waals surface area contributed by atoms with Gasteiger partial charge in [-0.15, -0.1) is 0 Å². The first kappa shape index (κ1) is 92.7. The summed E-state index contributed by atoms with van der Waals surface area (Å²) in [5.74, 6) is -39.0. The van der Waals surface area contributed by atoms with Crippen LogP contribution in [0.4, 0.5) is 176 Å². The maximum atomic E-state index is 13.4. The van der Waals surface area contributed by atoms with E-state index in [4.69, 9.17) is 10.2 Å². The summed E-state index contributed by atoms with van der Waals surface area (Å²) in [6.45, 7) is -10.3. The molecule has 1 heterocycles. The number of hydrogen-bond acceptors (Lipinski definition) is 10. The molecule has 3 radical (unpaired) electrons. The first-order valence-electron chi connectivity index (χ1n) is 17.6. The van der Waals surface area contributed by atoms with Crippen LogP contribution in [0.5, 0.6) is 0 Å². The van der Waals surface area contributed by atoms with Crippen LogP contribution in [0.15, 0.2) is 0 Å². The molecule has 54 heteroatoms. The van der Waals surface area contributed by atoms with Gasteiger partial charge in [0.2, 0.25) is 0 Å². The van der Waals surface area contributed by atoms with Crippen molar-refractivity contribution in [1.29, 1.82) is 0 Å². The van der Waals surface area contributed by atoms with Gasteiger partial charge in [0.1, 0.15) is 25.4 Å². The topological polar surface area (TPSA) is 118 Å². The Kier molecular flexibility index (Phi) is 35.5. The van der Waals surface area contributed by atoms with Crippen molar-refractivity contribution in [3.05, 3.63) is 0 Å². The quantitative estimate of drug-likeness (QED) is 0.0551. The molecule has 0 aromatic heterocycles. The fourth-order valence-electron chi connectivity index (χ4n) is 3.01. The molecule has 10 nitrogen and oxygen atoms in total. The standard InChI is InChI=1S/C14H10F20O5.C8H6F10O3.C6H4F10O2.B.HI.2Na.H/c15-5(38-13(31,32)9(21,22)11(25,26)27)7(17,18)3-36-4(1-35)2-37-8(19,20)6(16)39-14(33,34)10(23,24)12(28,29)30;9-4(5(10,11)20-2-3-1-19-3)21-8(17,18)6(12,13)7(14,15)16;7-2(3(8,9)1-17)18-6(15,16)4(10,11)5(12,13)14;;;;;/h4-6,35H,1-3H2;3-4H,1-2H2;2,17H,1H2;;1H;;;/q;;;;;2*+1;-1/p-1. The van der Waals surface area contributed by atoms with E-state index in [1.165, 1.54) is 0 Å². The Bertz CT molecular complexity index is 1790. The van der Waals surface area contributed by atoms with Crippen LogP contribution < -0.4 is 83.1 Å². The molecule has 6 unspecified atom stereocenters. The molecule has 1 rings (SSSR count). The number of aliphatic hydroxyl groups excluding tert-OH is 2. The van der Waals surface area contributed by atoms with Gasteiger partial charge in [-0.1, -0.05) is 0 Å². The second kappa shape index (κ2) is 31.4. The number of halogens is 41. The van der Waals surface area contributed by atoms with Crippen molar-refractivity contribution in [2.45, 2.75) is 135 Å². The van der Waals surface area contributed by atoms with Gasteiger partial charge in [-0.25, -0.2) is 17.6 Å². The first-order valence-corrected chi connectivity index (χ1v) is 17.6. The monoisotopic (exact) mass is 1460 g/mol. The molecule has 0 aromatic rings. The van der Waals surface area contributed by atoms with Crippen molar-refractivity contribution >= 4 is 8.41 Å². The molecule has 0 aromatic carbocycles. The van der Waals surface area contributed by atoms with Gasteiger partial charge >= 0.3 is 156 Å². The van der Waals surface area contributed by atoms with E-state index in [1.54, 1.807) is 0 Å². The maximum absolute atomic E-state index is 13.4. The van der Waals surface area contributed by atoms with Crippen LogP contribution in [0.2, 0.25) is 0 Å². The van der Waals surface area contributed by atoms with E-state index >= 15 is 0 Å². The number of rotatable bonds is 27. The molecular weight excluding hydrogens is 1440 g/mol. The number of ether oxygens (including phenoxy) is 8. The first-order chi connectivity index (χ1) is 33.8. The molecule has 0 bridgehead atoms. The van der Waals surface area contributed by atoms with Gasteiger partial charge in [0.05, 0.1) is 26.4 Å². The number of aliphatic hydroxyl groups is 2. The smallest absolute Gasteiger partial charge is 1.00 e. The Balaban J connectivity index is -0.000000223. The van der Waals surface area contributed by atoms with Crippen molar-refractivity contribution in [3.63, 3.8) is 0 Å². The maximum Gasteiger partial charge on any atom is 1.00 e. The minimum absolute atomic E-state index is 0. The van der Waals surface area contributed by atoms with Crippen molar-refractivity contribution < 1.29 is 308 Å². The molecule has 0 saturated carbocycles. The third-order valence-corrected chi connectivity index (χ3v) is 7.34. The molecule has 82 heavy (non-hydrogen) atoms. The van der Waals surface area contributed by atoms with Gasteiger partial charge in [-0.2, -0.15) is 158 Å². The molecule has 2 N–H and O–H groups in total. The minimum atomic E-state index is -7.26. The van der Waals surface area contributed by atoms with Crippen LogP contribution in [0, 0.1) is 0 Å². The van der Waals surface area contributed by atoms with Crippen molar-refractivity contribution in [1.82, 2.24) is 0 Å². The van der Waals surface area contributed by atoms with Crippen molar-refractivity contribution in [2.24, 2.45) is 0 Å². The molecular formula is C28H21BF40INa2O10. The fourth-order valence-corrected chi connectivity index (χ4v) is 3.01. The van der Waals surface area contributed by atoms with Gasteiger partial charge in [-0.05, 0) is 0 Å². The van der Waals surface area contributed by atoms with Crippen LogP contribution in [0.25, 0.3) is 0 Å². The van der Waals surface area contributed by atoms with E-state index < -0.39 is 168 Å². The normalized spacial score (nSPS) is 17.9. The Morgan fingerprint density at radius 1 is 0.415 bits per heavy atom. The summed E-state index contributed by atoms with van der Waals surface area (Å²) in [7, 11) is 0. The summed E-state index contributed by atoms with van der Waals surface area (Å²) >= 11 is 0. The van der Waals surface area contributed by atoms with E-state index in [0.717, 1.165) is 0 Å². The average molecular weight is 1460 g/mol. The molecule has 6 atom stereocenters. The predicted octanol–water partition coefficient (Wildman–Crippen LogP) is 2.37. The molecule has 1 aliphatic rings. The Hall–Kier alpha value is -0.405. The average Bonchev–Trinajstić information content (AvgIpc) is 4.06. The SMILES string of the molecule is FC(OC(F)(F)C(F)(F)C(F)(F)F)C(F)(F)OCC1CO1.OCC(COC(F)(F)C(F)OC(F)(F)C(F)(F)C(F)(F)F)OCC(F)(F)C(F)OC(F)(F)C(F)(F)C(F)(F)F.OCC(F)(F)C(F)OC(F)(F)C(F)(F)C(F)(F)F.[B].[H-].[I-].[Na+].[Na+]. The molecule has 0 amide bonds. The van der Waals surface area contributed by atoms with E-state index in [9.17, 15) is 176 Å². The van der Waals surface area contributed by atoms with Crippen LogP contribution in [-0.2, 0) is 37.9 Å². The minimum Gasteiger partial charge on any atom is -1.00 e. The summed E-state index contributed by atoms with van der Waals surface area (Å²) in [5, 5.41) is 16.5. The second-order valence-corrected chi connectivity index (χ2v) is 13.6. The van der Waals surface area contributed by atoms with E-state index in [2.05, 4.69) is 37.9 Å². The Morgan fingerprint density at radius 2 is 0.659 bits per heavy atom. The van der Waals surface area contributed by atoms with Gasteiger partial charge in [0.25, 0.3) is 25.4 Å². The van der Waals surface area contributed by atoms with Crippen LogP contribution in [0.1, 0.15) is 1.43 Å². The number of alkyl halides is 40. The summed E-state index contributed by atoms with van der Waals surface area (Å²) in [4.78, 5) is 0. The Morgan fingerprint density at radius 3 is 0.890 bits per heavy atom. The third-order valence-electron chi connectivity index (χ3n) is 7.34. The third kappa shape index (κ3) is 24.5. The Labute approximate surface area is 488 Å². The fraction of sp³-hybridized carbons (Fsp3) is 1.00. The molecule has 0 spiro atoms. The molecule has 1 saturated heterocycles. The van der Waals surface area contributed by atoms with Gasteiger partial charge in [0.15, 0.2) is 0 Å². The zero-order valence-electron chi connectivity index (χ0n) is 38.9. The summed E-state index contributed by atoms with van der Waals surface area (Å²) in [6, 6.07) is 0. The summed E-state index contributed by atoms with van der Waals surface area (Å²) < 4.78 is 519. The largest absolute Gasteiger partial charge is 1.00 e. The van der Waals surface area contributed by atoms with Crippen LogP contribution in [0.3, 0.4) is 0 Å². The number of epoxide rings is 1. The second-order valence-electron chi connectivity index (χ2n) is 13.6. The van der Waals surface area contributed by atoms with Gasteiger partial charge in [0, 0.05) is 8.41 Å². The zero-order chi connectivity index (χ0) is 63.4. The van der Waals surface area contributed by atoms with Gasteiger partial charge < -0.3 is 54.6 Å². The summed E-state index contributed by atoms with van der Waals surface area (Å²) in [5.41, 5.74) is 0. The van der Waals surface area contributed by atoms with E-state index in [-0.39, 0.29) is 99.5 Å². The van der Waals surface area contributed by atoms with Crippen LogP contribution >= 0.6 is 0 Å².